The van der Waals surface area contributed by atoms with Crippen molar-refractivity contribution in [2.45, 2.75) is 19.0 Å². The Labute approximate surface area is 136 Å². The molecule has 2 amide bonds. The lowest BCUT2D eigenvalue weighted by Gasteiger charge is -2.30. The van der Waals surface area contributed by atoms with E-state index in [1.54, 1.807) is 0 Å². The first-order valence-corrected chi connectivity index (χ1v) is 7.40. The van der Waals surface area contributed by atoms with E-state index < -0.39 is 31.2 Å². The Hall–Kier alpha value is -2.29. The largest absolute Gasteiger partial charge is 0.411 e. The molecule has 24 heavy (non-hydrogen) atoms. The zero-order valence-corrected chi connectivity index (χ0v) is 12.9. The Morgan fingerprint density at radius 2 is 1.88 bits per heavy atom. The fourth-order valence-electron chi connectivity index (χ4n) is 2.42. The van der Waals surface area contributed by atoms with Crippen molar-refractivity contribution in [3.05, 3.63) is 29.8 Å². The fraction of sp³-hybridized carbons (Fsp3) is 0.467. The summed E-state index contributed by atoms with van der Waals surface area (Å²) in [5.41, 5.74) is 6.32. The third kappa shape index (κ3) is 5.73. The molecule has 0 fully saturated rings. The molecule has 0 saturated heterocycles. The molecule has 2 rings (SSSR count). The molecule has 0 aliphatic carbocycles. The number of anilines is 1. The van der Waals surface area contributed by atoms with Crippen LogP contribution in [-0.2, 0) is 20.7 Å². The highest BCUT2D eigenvalue weighted by molar-refractivity contribution is 5.85. The van der Waals surface area contributed by atoms with E-state index in [1.165, 1.54) is 0 Å². The van der Waals surface area contributed by atoms with Crippen molar-refractivity contribution in [3.63, 3.8) is 0 Å². The molecule has 6 nitrogen and oxygen atoms in total. The Kier molecular flexibility index (Phi) is 6.02. The SMILES string of the molecule is O=C(COCC(F)(F)F)NNC(=O)CN1CCCc2ccccc21. The molecule has 1 aromatic carbocycles. The molecule has 9 heteroatoms. The van der Waals surface area contributed by atoms with E-state index >= 15 is 0 Å². The molecule has 1 heterocycles. The number of ether oxygens (including phenoxy) is 1. The summed E-state index contributed by atoms with van der Waals surface area (Å²) in [5, 5.41) is 0. The van der Waals surface area contributed by atoms with Crippen LogP contribution in [-0.4, -0.2) is 44.3 Å². The van der Waals surface area contributed by atoms with Crippen LogP contribution in [0.2, 0.25) is 0 Å². The zero-order chi connectivity index (χ0) is 17.6. The van der Waals surface area contributed by atoms with Crippen LogP contribution in [0.1, 0.15) is 12.0 Å². The minimum absolute atomic E-state index is 0.0424. The summed E-state index contributed by atoms with van der Waals surface area (Å²) in [7, 11) is 0. The number of hydrazine groups is 1. The van der Waals surface area contributed by atoms with Gasteiger partial charge in [0.2, 0.25) is 0 Å². The molecule has 0 bridgehead atoms. The lowest BCUT2D eigenvalue weighted by atomic mass is 10.0. The number of alkyl halides is 3. The van der Waals surface area contributed by atoms with E-state index in [0.29, 0.717) is 6.54 Å². The van der Waals surface area contributed by atoms with Gasteiger partial charge in [0.1, 0.15) is 13.2 Å². The molecule has 0 radical (unpaired) electrons. The van der Waals surface area contributed by atoms with E-state index in [2.05, 4.69) is 10.2 Å². The Morgan fingerprint density at radius 3 is 2.62 bits per heavy atom. The van der Waals surface area contributed by atoms with Crippen LogP contribution >= 0.6 is 0 Å². The fourth-order valence-corrected chi connectivity index (χ4v) is 2.42. The van der Waals surface area contributed by atoms with Crippen LogP contribution in [0.25, 0.3) is 0 Å². The summed E-state index contributed by atoms with van der Waals surface area (Å²) in [4.78, 5) is 25.1. The third-order valence-corrected chi connectivity index (χ3v) is 3.38. The van der Waals surface area contributed by atoms with Gasteiger partial charge in [0.15, 0.2) is 0 Å². The van der Waals surface area contributed by atoms with Gasteiger partial charge in [-0.25, -0.2) is 0 Å². The van der Waals surface area contributed by atoms with Gasteiger partial charge in [-0.3, -0.25) is 20.4 Å². The van der Waals surface area contributed by atoms with E-state index in [-0.39, 0.29) is 6.54 Å². The normalized spacial score (nSPS) is 14.0. The number of hydrogen-bond donors (Lipinski definition) is 2. The number of aryl methyl sites for hydroxylation is 1. The van der Waals surface area contributed by atoms with Crippen LogP contribution in [0.3, 0.4) is 0 Å². The summed E-state index contributed by atoms with van der Waals surface area (Å²) in [5.74, 6) is -1.32. The lowest BCUT2D eigenvalue weighted by molar-refractivity contribution is -0.176. The molecule has 0 saturated carbocycles. The van der Waals surface area contributed by atoms with Gasteiger partial charge in [-0.05, 0) is 24.5 Å². The summed E-state index contributed by atoms with van der Waals surface area (Å²) in [6.07, 6.45) is -2.63. The van der Waals surface area contributed by atoms with Gasteiger partial charge in [0.25, 0.3) is 11.8 Å². The summed E-state index contributed by atoms with van der Waals surface area (Å²) < 4.78 is 39.8. The highest BCUT2D eigenvalue weighted by Gasteiger charge is 2.27. The summed E-state index contributed by atoms with van der Waals surface area (Å²) in [6, 6.07) is 7.74. The molecular weight excluding hydrogens is 327 g/mol. The van der Waals surface area contributed by atoms with Gasteiger partial charge in [0, 0.05) is 12.2 Å². The van der Waals surface area contributed by atoms with Crippen molar-refractivity contribution in [1.82, 2.24) is 10.9 Å². The maximum Gasteiger partial charge on any atom is 0.411 e. The first-order chi connectivity index (χ1) is 11.3. The third-order valence-electron chi connectivity index (χ3n) is 3.38. The number of carbonyl (C=O) groups excluding carboxylic acids is 2. The minimum atomic E-state index is -4.49. The minimum Gasteiger partial charge on any atom is -0.362 e. The smallest absolute Gasteiger partial charge is 0.362 e. The summed E-state index contributed by atoms with van der Waals surface area (Å²) >= 11 is 0. The van der Waals surface area contributed by atoms with E-state index in [0.717, 1.165) is 24.1 Å². The molecule has 0 spiro atoms. The number of amides is 2. The Morgan fingerprint density at radius 1 is 1.17 bits per heavy atom. The molecule has 132 valence electrons. The highest BCUT2D eigenvalue weighted by atomic mass is 19.4. The number of halogens is 3. The number of para-hydroxylation sites is 1. The number of nitrogens with one attached hydrogen (secondary N) is 2. The van der Waals surface area contributed by atoms with Crippen molar-refractivity contribution in [2.24, 2.45) is 0 Å². The van der Waals surface area contributed by atoms with Gasteiger partial charge in [-0.2, -0.15) is 13.2 Å². The van der Waals surface area contributed by atoms with Crippen molar-refractivity contribution in [2.75, 3.05) is 31.2 Å². The lowest BCUT2D eigenvalue weighted by Crippen LogP contribution is -2.48. The first-order valence-electron chi connectivity index (χ1n) is 7.40. The van der Waals surface area contributed by atoms with Crippen LogP contribution in [0.5, 0.6) is 0 Å². The molecule has 0 atom stereocenters. The topological polar surface area (TPSA) is 70.7 Å². The van der Waals surface area contributed by atoms with Crippen LogP contribution in [0.15, 0.2) is 24.3 Å². The maximum absolute atomic E-state index is 11.9. The standard InChI is InChI=1S/C15H18F3N3O3/c16-15(17,18)10-24-9-14(23)20-19-13(22)8-21-7-3-5-11-4-1-2-6-12(11)21/h1-2,4,6H,3,5,7-10H2,(H,19,22)(H,20,23). The Balaban J connectivity index is 1.73. The highest BCUT2D eigenvalue weighted by Crippen LogP contribution is 2.26. The van der Waals surface area contributed by atoms with Gasteiger partial charge < -0.3 is 9.64 Å². The molecule has 2 N–H and O–H groups in total. The molecule has 1 aromatic rings. The number of nitrogens with zero attached hydrogens (tertiary/aromatic N) is 1. The second-order valence-corrected chi connectivity index (χ2v) is 5.36. The molecule has 0 unspecified atom stereocenters. The molecule has 1 aliphatic heterocycles. The number of carbonyl (C=O) groups is 2. The van der Waals surface area contributed by atoms with Crippen molar-refractivity contribution in [3.8, 4) is 0 Å². The summed E-state index contributed by atoms with van der Waals surface area (Å²) in [6.45, 7) is -1.54. The Bertz CT molecular complexity index is 593. The van der Waals surface area contributed by atoms with Crippen molar-refractivity contribution >= 4 is 17.5 Å². The predicted octanol–water partition coefficient (Wildman–Crippen LogP) is 1.17. The van der Waals surface area contributed by atoms with Gasteiger partial charge >= 0.3 is 6.18 Å². The van der Waals surface area contributed by atoms with Crippen molar-refractivity contribution in [1.29, 1.82) is 0 Å². The predicted molar refractivity (Wildman–Crippen MR) is 80.1 cm³/mol. The zero-order valence-electron chi connectivity index (χ0n) is 12.9. The number of fused-ring (bicyclic) bond motifs is 1. The maximum atomic E-state index is 11.9. The quantitative estimate of drug-likeness (QED) is 0.786. The molecule has 1 aliphatic rings. The molecular formula is C15H18F3N3O3. The van der Waals surface area contributed by atoms with Gasteiger partial charge in [0.05, 0.1) is 6.54 Å². The second-order valence-electron chi connectivity index (χ2n) is 5.36. The van der Waals surface area contributed by atoms with Crippen LogP contribution in [0.4, 0.5) is 18.9 Å². The van der Waals surface area contributed by atoms with Crippen LogP contribution < -0.4 is 15.8 Å². The van der Waals surface area contributed by atoms with E-state index in [4.69, 9.17) is 0 Å². The van der Waals surface area contributed by atoms with Crippen LogP contribution in [0, 0.1) is 0 Å². The number of benzene rings is 1. The van der Waals surface area contributed by atoms with E-state index in [9.17, 15) is 22.8 Å². The number of rotatable bonds is 5. The van der Waals surface area contributed by atoms with E-state index in [1.807, 2.05) is 34.6 Å². The average molecular weight is 345 g/mol. The monoisotopic (exact) mass is 345 g/mol. The average Bonchev–Trinajstić information content (AvgIpc) is 2.52. The van der Waals surface area contributed by atoms with Gasteiger partial charge in [-0.1, -0.05) is 18.2 Å². The van der Waals surface area contributed by atoms with Crippen molar-refractivity contribution < 1.29 is 27.5 Å². The number of hydrogen-bond acceptors (Lipinski definition) is 4. The molecule has 0 aromatic heterocycles. The second kappa shape index (κ2) is 8.00. The first kappa shape index (κ1) is 18.1. The van der Waals surface area contributed by atoms with Gasteiger partial charge in [-0.15, -0.1) is 0 Å².